The highest BCUT2D eigenvalue weighted by molar-refractivity contribution is 5.91. The molecule has 1 rings (SSSR count). The van der Waals surface area contributed by atoms with Gasteiger partial charge in [-0.15, -0.1) is 0 Å². The molecule has 8 nitrogen and oxygen atoms in total. The molecule has 31 heavy (non-hydrogen) atoms. The number of amides is 2. The second-order valence-electron chi connectivity index (χ2n) is 8.67. The summed E-state index contributed by atoms with van der Waals surface area (Å²) in [6.07, 6.45) is 4.09. The van der Waals surface area contributed by atoms with Crippen LogP contribution in [0.3, 0.4) is 0 Å². The molecule has 1 saturated heterocycles. The summed E-state index contributed by atoms with van der Waals surface area (Å²) in [7, 11) is 5.15. The van der Waals surface area contributed by atoms with Crippen molar-refractivity contribution in [2.45, 2.75) is 78.1 Å². The maximum atomic E-state index is 13.4. The van der Waals surface area contributed by atoms with Gasteiger partial charge in [0.25, 0.3) is 0 Å². The number of nitrogens with one attached hydrogen (secondary N) is 1. The van der Waals surface area contributed by atoms with Crippen molar-refractivity contribution in [3.8, 4) is 0 Å². The molecule has 2 amide bonds. The summed E-state index contributed by atoms with van der Waals surface area (Å²) in [5.41, 5.74) is 0.449. The van der Waals surface area contributed by atoms with Gasteiger partial charge in [-0.1, -0.05) is 26.3 Å². The summed E-state index contributed by atoms with van der Waals surface area (Å²) in [6.45, 7) is 10.3. The third-order valence-corrected chi connectivity index (χ3v) is 5.97. The monoisotopic (exact) mass is 439 g/mol. The average molecular weight is 440 g/mol. The molecule has 0 aromatic rings. The van der Waals surface area contributed by atoms with Crippen molar-refractivity contribution in [3.63, 3.8) is 0 Å². The third-order valence-electron chi connectivity index (χ3n) is 5.97. The lowest BCUT2D eigenvalue weighted by molar-refractivity contribution is -0.142. The summed E-state index contributed by atoms with van der Waals surface area (Å²) in [4.78, 5) is 42.1. The Bertz CT molecular complexity index is 649. The Morgan fingerprint density at radius 1 is 1.23 bits per heavy atom. The second kappa shape index (κ2) is 12.8. The van der Waals surface area contributed by atoms with E-state index in [2.05, 4.69) is 5.32 Å². The quantitative estimate of drug-likeness (QED) is 0.414. The topological polar surface area (TPSA) is 88.2 Å². The first-order valence-corrected chi connectivity index (χ1v) is 11.2. The zero-order valence-corrected chi connectivity index (χ0v) is 20.4. The molecule has 1 aliphatic rings. The molecule has 0 aromatic carbocycles. The number of ether oxygens (including phenoxy) is 2. The van der Waals surface area contributed by atoms with Gasteiger partial charge < -0.3 is 19.7 Å². The number of esters is 1. The lowest BCUT2D eigenvalue weighted by Crippen LogP contribution is -2.59. The van der Waals surface area contributed by atoms with E-state index in [-0.39, 0.29) is 29.8 Å². The van der Waals surface area contributed by atoms with Crippen molar-refractivity contribution in [2.24, 2.45) is 5.92 Å². The van der Waals surface area contributed by atoms with Crippen LogP contribution in [-0.4, -0.2) is 86.2 Å². The van der Waals surface area contributed by atoms with Crippen LogP contribution in [0.4, 0.5) is 0 Å². The van der Waals surface area contributed by atoms with Crippen LogP contribution in [-0.2, 0) is 23.9 Å². The fraction of sp³-hybridized carbons (Fsp3) is 0.783. The summed E-state index contributed by atoms with van der Waals surface area (Å²) >= 11 is 0. The van der Waals surface area contributed by atoms with Crippen LogP contribution in [0.2, 0.25) is 0 Å². The largest absolute Gasteiger partial charge is 0.463 e. The Kier molecular flexibility index (Phi) is 11.2. The first-order valence-electron chi connectivity index (χ1n) is 11.2. The second-order valence-corrected chi connectivity index (χ2v) is 8.67. The summed E-state index contributed by atoms with van der Waals surface area (Å²) < 4.78 is 10.5. The van der Waals surface area contributed by atoms with Gasteiger partial charge in [0.05, 0.1) is 24.8 Å². The van der Waals surface area contributed by atoms with Crippen LogP contribution in [0.25, 0.3) is 0 Å². The van der Waals surface area contributed by atoms with Gasteiger partial charge in [0.15, 0.2) is 0 Å². The Hall–Kier alpha value is -1.93. The first-order chi connectivity index (χ1) is 14.5. The minimum absolute atomic E-state index is 0.0528. The molecule has 8 heteroatoms. The van der Waals surface area contributed by atoms with Crippen LogP contribution in [0.15, 0.2) is 11.6 Å². The zero-order chi connectivity index (χ0) is 23.7. The summed E-state index contributed by atoms with van der Waals surface area (Å²) in [6, 6.07) is -1.40. The maximum absolute atomic E-state index is 13.4. The number of carbonyl (C=O) groups excluding carboxylic acids is 3. The number of piperidine rings is 1. The van der Waals surface area contributed by atoms with Crippen molar-refractivity contribution >= 4 is 17.8 Å². The zero-order valence-electron chi connectivity index (χ0n) is 20.4. The number of hydrogen-bond acceptors (Lipinski definition) is 6. The number of likely N-dealkylation sites (tertiary alicyclic amines) is 1. The Morgan fingerprint density at radius 3 is 2.39 bits per heavy atom. The average Bonchev–Trinajstić information content (AvgIpc) is 2.74. The van der Waals surface area contributed by atoms with Gasteiger partial charge in [-0.05, 0) is 53.1 Å². The van der Waals surface area contributed by atoms with Crippen LogP contribution in [0.1, 0.15) is 53.9 Å². The predicted octanol–water partition coefficient (Wildman–Crippen LogP) is 1.98. The van der Waals surface area contributed by atoms with E-state index in [1.54, 1.807) is 38.8 Å². The van der Waals surface area contributed by atoms with Crippen LogP contribution in [0, 0.1) is 5.92 Å². The number of nitrogens with zero attached hydrogens (tertiary/aromatic N) is 2. The van der Waals surface area contributed by atoms with Gasteiger partial charge in [0, 0.05) is 19.7 Å². The Balaban J connectivity index is 3.06. The van der Waals surface area contributed by atoms with Crippen LogP contribution < -0.4 is 5.32 Å². The van der Waals surface area contributed by atoms with E-state index in [1.165, 1.54) is 7.11 Å². The molecule has 0 bridgehead atoms. The minimum Gasteiger partial charge on any atom is -0.463 e. The molecule has 0 aromatic heterocycles. The van der Waals surface area contributed by atoms with Gasteiger partial charge in [0.1, 0.15) is 6.04 Å². The molecule has 178 valence electrons. The SMILES string of the molecule is CCOC(=O)/C(C)=C/[C@H](C(C)C)N(C)C(=O)C(NC(=O)[C@H]1CCCCN1C)[C@@H](C)OC. The van der Waals surface area contributed by atoms with E-state index in [0.717, 1.165) is 25.8 Å². The fourth-order valence-corrected chi connectivity index (χ4v) is 3.86. The number of carbonyl (C=O) groups is 3. The molecular weight excluding hydrogens is 398 g/mol. The van der Waals surface area contributed by atoms with Crippen LogP contribution in [0.5, 0.6) is 0 Å². The first kappa shape index (κ1) is 27.1. The standard InChI is InChI=1S/C23H41N3O5/c1-9-31-23(29)16(4)14-19(15(2)3)26(7)22(28)20(17(5)30-8)24-21(27)18-12-10-11-13-25(18)6/h14-15,17-20H,9-13H2,1-8H3,(H,24,27)/b16-14+/t17-,18-,19-,20?/m1/s1. The number of methoxy groups -OCH3 is 1. The van der Waals surface area contributed by atoms with E-state index in [1.807, 2.05) is 25.8 Å². The molecule has 1 fully saturated rings. The maximum Gasteiger partial charge on any atom is 0.333 e. The molecule has 1 N–H and O–H groups in total. The van der Waals surface area contributed by atoms with E-state index in [0.29, 0.717) is 12.2 Å². The highest BCUT2D eigenvalue weighted by Gasteiger charge is 2.35. The predicted molar refractivity (Wildman–Crippen MR) is 120 cm³/mol. The van der Waals surface area contributed by atoms with E-state index in [4.69, 9.17) is 9.47 Å². The molecule has 0 spiro atoms. The van der Waals surface area contributed by atoms with Crippen molar-refractivity contribution < 1.29 is 23.9 Å². The van der Waals surface area contributed by atoms with Gasteiger partial charge in [-0.3, -0.25) is 14.5 Å². The van der Waals surface area contributed by atoms with Gasteiger partial charge in [-0.25, -0.2) is 4.79 Å². The van der Waals surface area contributed by atoms with Crippen molar-refractivity contribution in [3.05, 3.63) is 11.6 Å². The van der Waals surface area contributed by atoms with E-state index < -0.39 is 18.1 Å². The van der Waals surface area contributed by atoms with E-state index in [9.17, 15) is 14.4 Å². The molecular formula is C23H41N3O5. The third kappa shape index (κ3) is 7.61. The highest BCUT2D eigenvalue weighted by Crippen LogP contribution is 2.18. The van der Waals surface area contributed by atoms with Gasteiger partial charge >= 0.3 is 5.97 Å². The van der Waals surface area contributed by atoms with Crippen molar-refractivity contribution in [1.29, 1.82) is 0 Å². The number of rotatable bonds is 10. The Morgan fingerprint density at radius 2 is 1.87 bits per heavy atom. The van der Waals surface area contributed by atoms with Crippen LogP contribution >= 0.6 is 0 Å². The van der Waals surface area contributed by atoms with Gasteiger partial charge in [-0.2, -0.15) is 0 Å². The summed E-state index contributed by atoms with van der Waals surface area (Å²) in [5.74, 6) is -0.758. The highest BCUT2D eigenvalue weighted by atomic mass is 16.5. The lowest BCUT2D eigenvalue weighted by Gasteiger charge is -2.36. The molecule has 1 unspecified atom stereocenters. The van der Waals surface area contributed by atoms with Gasteiger partial charge in [0.2, 0.25) is 11.8 Å². The molecule has 0 saturated carbocycles. The molecule has 0 aliphatic carbocycles. The fourth-order valence-electron chi connectivity index (χ4n) is 3.86. The van der Waals surface area contributed by atoms with Crippen molar-refractivity contribution in [1.82, 2.24) is 15.1 Å². The molecule has 4 atom stereocenters. The smallest absolute Gasteiger partial charge is 0.333 e. The lowest BCUT2D eigenvalue weighted by atomic mass is 9.98. The van der Waals surface area contributed by atoms with E-state index >= 15 is 0 Å². The minimum atomic E-state index is -0.824. The summed E-state index contributed by atoms with van der Waals surface area (Å²) in [5, 5.41) is 2.93. The molecule has 0 radical (unpaired) electrons. The normalized spacial score (nSPS) is 20.7. The molecule has 1 aliphatic heterocycles. The molecule has 1 heterocycles. The van der Waals surface area contributed by atoms with Crippen molar-refractivity contribution in [2.75, 3.05) is 34.4 Å². The number of hydrogen-bond donors (Lipinski definition) is 1. The number of likely N-dealkylation sites (N-methyl/N-ethyl adjacent to an activating group) is 2. The Labute approximate surface area is 187 Å².